The van der Waals surface area contributed by atoms with E-state index >= 15 is 0 Å². The Bertz CT molecular complexity index is 894. The fourth-order valence-electron chi connectivity index (χ4n) is 4.38. The van der Waals surface area contributed by atoms with E-state index in [0.29, 0.717) is 54.1 Å². The molecule has 3 aliphatic heterocycles. The number of nitrogens with zero attached hydrogens (tertiary/aromatic N) is 4. The van der Waals surface area contributed by atoms with Crippen LogP contribution in [-0.2, 0) is 9.47 Å². The number of methoxy groups -OCH3 is 1. The predicted octanol–water partition coefficient (Wildman–Crippen LogP) is 3.08. The fraction of sp³-hybridized carbons (Fsp3) is 0.632. The molecule has 2 N–H and O–H groups in total. The second-order valence-corrected chi connectivity index (χ2v) is 8.26. The lowest BCUT2D eigenvalue weighted by molar-refractivity contribution is -0.0187. The van der Waals surface area contributed by atoms with Crippen LogP contribution in [0.4, 0.5) is 17.5 Å². The van der Waals surface area contributed by atoms with Crippen molar-refractivity contribution in [3.05, 3.63) is 16.9 Å². The Balaban J connectivity index is 1.51. The summed E-state index contributed by atoms with van der Waals surface area (Å²) in [5.41, 5.74) is 1.77. The molecule has 4 bridgehead atoms. The molecule has 5 heterocycles. The lowest BCUT2D eigenvalue weighted by atomic mass is 10.0. The summed E-state index contributed by atoms with van der Waals surface area (Å²) < 4.78 is 19.7. The lowest BCUT2D eigenvalue weighted by Crippen LogP contribution is -2.29. The van der Waals surface area contributed by atoms with Crippen molar-refractivity contribution in [1.29, 1.82) is 0 Å². The number of aromatic nitrogens is 4. The highest BCUT2D eigenvalue weighted by Gasteiger charge is 2.37. The van der Waals surface area contributed by atoms with Crippen molar-refractivity contribution in [3.63, 3.8) is 0 Å². The summed E-state index contributed by atoms with van der Waals surface area (Å²) in [6.45, 7) is 2.90. The first-order valence-corrected chi connectivity index (χ1v) is 10.4. The maximum Gasteiger partial charge on any atom is 0.257 e. The summed E-state index contributed by atoms with van der Waals surface area (Å²) in [7, 11) is 1.66. The van der Waals surface area contributed by atoms with Gasteiger partial charge in [-0.3, -0.25) is 4.68 Å². The Kier molecular flexibility index (Phi) is 4.97. The highest BCUT2D eigenvalue weighted by molar-refractivity contribution is 6.32. The average molecular weight is 421 g/mol. The first-order valence-electron chi connectivity index (χ1n) is 10.0. The smallest absolute Gasteiger partial charge is 0.257 e. The zero-order valence-electron chi connectivity index (χ0n) is 16.5. The van der Waals surface area contributed by atoms with Crippen molar-refractivity contribution in [3.8, 4) is 5.88 Å². The van der Waals surface area contributed by atoms with Gasteiger partial charge in [-0.1, -0.05) is 11.6 Å². The van der Waals surface area contributed by atoms with E-state index in [2.05, 4.69) is 25.3 Å². The Hall–Kier alpha value is -2.10. The van der Waals surface area contributed by atoms with Gasteiger partial charge in [-0.25, -0.2) is 4.98 Å². The van der Waals surface area contributed by atoms with E-state index in [0.717, 1.165) is 37.1 Å². The van der Waals surface area contributed by atoms with Crippen LogP contribution in [0.5, 0.6) is 5.88 Å². The van der Waals surface area contributed by atoms with E-state index in [1.54, 1.807) is 13.3 Å². The van der Waals surface area contributed by atoms with Crippen molar-refractivity contribution in [2.45, 2.75) is 57.0 Å². The molecular formula is C19H25ClN6O3. The van der Waals surface area contributed by atoms with Gasteiger partial charge in [0.1, 0.15) is 23.4 Å². The third kappa shape index (κ3) is 3.62. The van der Waals surface area contributed by atoms with Crippen LogP contribution in [0, 0.1) is 6.92 Å². The maximum atomic E-state index is 6.24. The number of nitrogens with one attached hydrogen (secondary N) is 2. The fourth-order valence-corrected chi connectivity index (χ4v) is 4.54. The second-order valence-electron chi connectivity index (χ2n) is 7.86. The number of fused-ring (bicyclic) bond motifs is 5. The standard InChI is InChI=1S/C19H25ClN6O3/c1-10-16-18(25-26(10)11-5-12-3-4-13(6-11)29-12)28-9-14(27-2)7-21-17-15(20)8-22-19(23-16)24-17/h8,11-14H,3-7,9H2,1-2H3,(H2,21,22,23,24). The van der Waals surface area contributed by atoms with Crippen LogP contribution in [0.3, 0.4) is 0 Å². The number of ether oxygens (including phenoxy) is 3. The molecule has 0 spiro atoms. The summed E-state index contributed by atoms with van der Waals surface area (Å²) in [5.74, 6) is 1.53. The van der Waals surface area contributed by atoms with E-state index < -0.39 is 0 Å². The first-order chi connectivity index (χ1) is 14.1. The van der Waals surface area contributed by atoms with Crippen molar-refractivity contribution in [2.24, 2.45) is 0 Å². The minimum atomic E-state index is -0.181. The number of anilines is 3. The van der Waals surface area contributed by atoms with Gasteiger partial charge in [0.2, 0.25) is 5.95 Å². The van der Waals surface area contributed by atoms with E-state index in [1.807, 2.05) is 6.92 Å². The van der Waals surface area contributed by atoms with E-state index in [-0.39, 0.29) is 6.10 Å². The molecular weight excluding hydrogens is 396 g/mol. The molecule has 29 heavy (non-hydrogen) atoms. The predicted molar refractivity (Wildman–Crippen MR) is 108 cm³/mol. The summed E-state index contributed by atoms with van der Waals surface area (Å²) in [6.07, 6.45) is 6.29. The molecule has 156 valence electrons. The molecule has 2 saturated heterocycles. The summed E-state index contributed by atoms with van der Waals surface area (Å²) in [5, 5.41) is 11.8. The van der Waals surface area contributed by atoms with Gasteiger partial charge >= 0.3 is 0 Å². The van der Waals surface area contributed by atoms with Crippen molar-refractivity contribution < 1.29 is 14.2 Å². The highest BCUT2D eigenvalue weighted by atomic mass is 35.5. The van der Waals surface area contributed by atoms with Gasteiger partial charge in [-0.2, -0.15) is 4.98 Å². The van der Waals surface area contributed by atoms with Gasteiger partial charge in [0, 0.05) is 13.7 Å². The first kappa shape index (κ1) is 18.9. The molecule has 5 rings (SSSR count). The Labute approximate surface area is 174 Å². The minimum absolute atomic E-state index is 0.181. The molecule has 3 unspecified atom stereocenters. The molecule has 2 fully saturated rings. The molecule has 3 atom stereocenters. The summed E-state index contributed by atoms with van der Waals surface area (Å²) in [4.78, 5) is 8.82. The van der Waals surface area contributed by atoms with Gasteiger partial charge in [0.15, 0.2) is 5.82 Å². The van der Waals surface area contributed by atoms with E-state index in [1.165, 1.54) is 0 Å². The van der Waals surface area contributed by atoms with Gasteiger partial charge in [0.05, 0.1) is 30.1 Å². The van der Waals surface area contributed by atoms with Gasteiger partial charge in [0.25, 0.3) is 5.88 Å². The maximum absolute atomic E-state index is 6.24. The number of hydrogen-bond acceptors (Lipinski definition) is 8. The lowest BCUT2D eigenvalue weighted by Gasteiger charge is -2.29. The van der Waals surface area contributed by atoms with Crippen LogP contribution < -0.4 is 15.4 Å². The monoisotopic (exact) mass is 420 g/mol. The molecule has 0 saturated carbocycles. The van der Waals surface area contributed by atoms with Crippen molar-refractivity contribution >= 4 is 29.1 Å². The summed E-state index contributed by atoms with van der Waals surface area (Å²) in [6, 6.07) is 0.300. The summed E-state index contributed by atoms with van der Waals surface area (Å²) >= 11 is 6.24. The van der Waals surface area contributed by atoms with Gasteiger partial charge in [-0.05, 0) is 32.6 Å². The second kappa shape index (κ2) is 7.62. The van der Waals surface area contributed by atoms with Crippen molar-refractivity contribution in [2.75, 3.05) is 30.9 Å². The minimum Gasteiger partial charge on any atom is -0.472 e. The average Bonchev–Trinajstić information content (AvgIpc) is 3.21. The van der Waals surface area contributed by atoms with Crippen LogP contribution in [0.2, 0.25) is 5.02 Å². The zero-order chi connectivity index (χ0) is 20.0. The molecule has 0 aromatic carbocycles. The SMILES string of the molecule is COC1CNc2nc(ncc2Cl)Nc2c(nn(C3CC4CCC(C3)O4)c2C)OC1. The topological polar surface area (TPSA) is 95.4 Å². The molecule has 9 nitrogen and oxygen atoms in total. The Morgan fingerprint density at radius 3 is 2.83 bits per heavy atom. The molecule has 3 aliphatic rings. The Morgan fingerprint density at radius 2 is 2.07 bits per heavy atom. The number of halogens is 1. The number of rotatable bonds is 2. The van der Waals surface area contributed by atoms with Gasteiger partial charge < -0.3 is 24.8 Å². The van der Waals surface area contributed by atoms with E-state index in [4.69, 9.17) is 30.9 Å². The Morgan fingerprint density at radius 1 is 1.28 bits per heavy atom. The third-order valence-electron chi connectivity index (χ3n) is 5.95. The zero-order valence-corrected chi connectivity index (χ0v) is 17.3. The molecule has 2 aromatic rings. The normalized spacial score (nSPS) is 28.5. The molecule has 0 radical (unpaired) electrons. The van der Waals surface area contributed by atoms with Gasteiger partial charge in [-0.15, -0.1) is 5.10 Å². The van der Waals surface area contributed by atoms with Crippen LogP contribution in [0.25, 0.3) is 0 Å². The molecule has 0 aliphatic carbocycles. The highest BCUT2D eigenvalue weighted by Crippen LogP contribution is 2.41. The van der Waals surface area contributed by atoms with Crippen LogP contribution in [0.15, 0.2) is 6.20 Å². The van der Waals surface area contributed by atoms with Crippen molar-refractivity contribution in [1.82, 2.24) is 19.7 Å². The van der Waals surface area contributed by atoms with E-state index in [9.17, 15) is 0 Å². The third-order valence-corrected chi connectivity index (χ3v) is 6.22. The van der Waals surface area contributed by atoms with Crippen LogP contribution in [0.1, 0.15) is 37.4 Å². The molecule has 10 heteroatoms. The van der Waals surface area contributed by atoms with Crippen LogP contribution in [-0.4, -0.2) is 58.3 Å². The molecule has 2 aromatic heterocycles. The van der Waals surface area contributed by atoms with Crippen LogP contribution >= 0.6 is 11.6 Å². The largest absolute Gasteiger partial charge is 0.472 e. The number of hydrogen-bond donors (Lipinski definition) is 2. The molecule has 0 amide bonds. The quantitative estimate of drug-likeness (QED) is 0.765.